The highest BCUT2D eigenvalue weighted by molar-refractivity contribution is 6.55. The van der Waals surface area contributed by atoms with Gasteiger partial charge in [-0.15, -0.1) is 0 Å². The number of benzene rings is 3. The summed E-state index contributed by atoms with van der Waals surface area (Å²) in [6.45, 7) is 6.34. The minimum atomic E-state index is -1.08. The summed E-state index contributed by atoms with van der Waals surface area (Å²) in [4.78, 5) is 27.7. The first-order valence-electron chi connectivity index (χ1n) is 13.2. The molecule has 0 saturated heterocycles. The van der Waals surface area contributed by atoms with Crippen molar-refractivity contribution in [3.8, 4) is 11.1 Å². The molecule has 3 aromatic carbocycles. The van der Waals surface area contributed by atoms with Gasteiger partial charge in [0.2, 0.25) is 5.78 Å². The number of anilines is 2. The van der Waals surface area contributed by atoms with Crippen molar-refractivity contribution >= 4 is 39.8 Å². The molecule has 7 heteroatoms. The largest absolute Gasteiger partial charge is 0.478 e. The van der Waals surface area contributed by atoms with E-state index in [1.807, 2.05) is 36.4 Å². The number of aromatic carboxylic acids is 1. The van der Waals surface area contributed by atoms with Gasteiger partial charge in [-0.3, -0.25) is 10.2 Å². The molecular formula is C31H31N3O4. The molecule has 0 saturated carbocycles. The summed E-state index contributed by atoms with van der Waals surface area (Å²) in [6, 6.07) is 20.2. The van der Waals surface area contributed by atoms with Crippen LogP contribution in [0.4, 0.5) is 11.4 Å². The number of carbonyl (C=O) groups is 2. The van der Waals surface area contributed by atoms with Crippen molar-refractivity contribution in [3.05, 3.63) is 83.6 Å². The number of hydrogen-bond acceptors (Lipinski definition) is 6. The minimum Gasteiger partial charge on any atom is -0.478 e. The van der Waals surface area contributed by atoms with Crippen molar-refractivity contribution in [2.45, 2.75) is 39.5 Å². The Bertz CT molecular complexity index is 1530. The molecule has 0 radical (unpaired) electrons. The number of para-hydroxylation sites is 1. The van der Waals surface area contributed by atoms with Crippen LogP contribution in [0.15, 0.2) is 76.2 Å². The maximum atomic E-state index is 13.7. The Morgan fingerprint density at radius 3 is 2.34 bits per heavy atom. The van der Waals surface area contributed by atoms with Crippen LogP contribution in [0.5, 0.6) is 0 Å². The van der Waals surface area contributed by atoms with Gasteiger partial charge in [0, 0.05) is 41.4 Å². The lowest BCUT2D eigenvalue weighted by Crippen LogP contribution is -2.25. The van der Waals surface area contributed by atoms with E-state index in [4.69, 9.17) is 4.42 Å². The SMILES string of the molecule is CCCCN(CCCC)c1ccc2c3c(oc2c1)C(=O)/C(=N\Nc1ccccc1C(=O)O)c1ccccc1-3. The van der Waals surface area contributed by atoms with E-state index in [1.165, 1.54) is 6.07 Å². The van der Waals surface area contributed by atoms with Gasteiger partial charge in [-0.25, -0.2) is 4.79 Å². The molecule has 7 nitrogen and oxygen atoms in total. The van der Waals surface area contributed by atoms with Gasteiger partial charge in [0.25, 0.3) is 0 Å². The minimum absolute atomic E-state index is 0.0704. The number of ketones is 1. The molecular weight excluding hydrogens is 478 g/mol. The standard InChI is InChI=1S/C31H31N3O4/c1-3-5-17-34(18-6-4-2)20-15-16-24-26(19-20)38-30-27(24)21-11-7-8-12-22(21)28(29(30)35)33-32-25-14-10-9-13-23(25)31(36)37/h7-16,19,32H,3-6,17-18H2,1-2H3,(H,36,37)/b33-28-. The Labute approximate surface area is 221 Å². The maximum Gasteiger partial charge on any atom is 0.337 e. The molecule has 0 spiro atoms. The lowest BCUT2D eigenvalue weighted by molar-refractivity contribution is 0.0697. The molecule has 0 amide bonds. The number of furan rings is 1. The predicted octanol–water partition coefficient (Wildman–Crippen LogP) is 7.22. The van der Waals surface area contributed by atoms with Gasteiger partial charge < -0.3 is 14.4 Å². The van der Waals surface area contributed by atoms with Crippen molar-refractivity contribution in [2.75, 3.05) is 23.4 Å². The summed E-state index contributed by atoms with van der Waals surface area (Å²) in [5.74, 6) is -1.17. The van der Waals surface area contributed by atoms with Gasteiger partial charge in [0.05, 0.1) is 11.3 Å². The Hall–Kier alpha value is -4.39. The number of hydrazone groups is 1. The number of nitrogens with zero attached hydrogens (tertiary/aromatic N) is 2. The first-order chi connectivity index (χ1) is 18.5. The lowest BCUT2D eigenvalue weighted by Gasteiger charge is -2.24. The number of carbonyl (C=O) groups excluding carboxylic acids is 1. The number of nitrogens with one attached hydrogen (secondary N) is 1. The third-order valence-corrected chi connectivity index (χ3v) is 6.92. The van der Waals surface area contributed by atoms with Crippen LogP contribution in [0.25, 0.3) is 22.1 Å². The quantitative estimate of drug-likeness (QED) is 0.219. The molecule has 0 bridgehead atoms. The van der Waals surface area contributed by atoms with Crippen LogP contribution in [0, 0.1) is 0 Å². The predicted molar refractivity (Wildman–Crippen MR) is 152 cm³/mol. The van der Waals surface area contributed by atoms with Crippen LogP contribution >= 0.6 is 0 Å². The summed E-state index contributed by atoms with van der Waals surface area (Å²) < 4.78 is 6.22. The van der Waals surface area contributed by atoms with E-state index in [1.54, 1.807) is 18.2 Å². The highest BCUT2D eigenvalue weighted by Crippen LogP contribution is 2.42. The number of Topliss-reactive ketones (excluding diaryl/α,β-unsaturated/α-hetero) is 1. The second-order valence-corrected chi connectivity index (χ2v) is 9.48. The van der Waals surface area contributed by atoms with E-state index in [-0.39, 0.29) is 22.8 Å². The molecule has 194 valence electrons. The number of carboxylic acids is 1. The average molecular weight is 510 g/mol. The normalized spacial score (nSPS) is 13.4. The number of unbranched alkanes of at least 4 members (excludes halogenated alkanes) is 2. The molecule has 0 unspecified atom stereocenters. The maximum absolute atomic E-state index is 13.7. The van der Waals surface area contributed by atoms with Gasteiger partial charge >= 0.3 is 5.97 Å². The summed E-state index contributed by atoms with van der Waals surface area (Å²) in [7, 11) is 0. The second kappa shape index (κ2) is 10.9. The molecule has 0 fully saturated rings. The van der Waals surface area contributed by atoms with Crippen LogP contribution in [0.2, 0.25) is 0 Å². The van der Waals surface area contributed by atoms with Gasteiger partial charge in [0.1, 0.15) is 11.3 Å². The summed E-state index contributed by atoms with van der Waals surface area (Å²) in [5.41, 5.74) is 7.41. The molecule has 4 aromatic rings. The van der Waals surface area contributed by atoms with E-state index < -0.39 is 5.97 Å². The second-order valence-electron chi connectivity index (χ2n) is 9.48. The van der Waals surface area contributed by atoms with Crippen molar-refractivity contribution in [2.24, 2.45) is 5.10 Å². The van der Waals surface area contributed by atoms with Crippen molar-refractivity contribution in [1.29, 1.82) is 0 Å². The lowest BCUT2D eigenvalue weighted by atomic mass is 9.86. The summed E-state index contributed by atoms with van der Waals surface area (Å²) in [6.07, 6.45) is 4.47. The third-order valence-electron chi connectivity index (χ3n) is 6.92. The highest BCUT2D eigenvalue weighted by Gasteiger charge is 2.34. The van der Waals surface area contributed by atoms with Gasteiger partial charge in [-0.2, -0.15) is 5.10 Å². The first-order valence-corrected chi connectivity index (χ1v) is 13.2. The van der Waals surface area contributed by atoms with Crippen molar-refractivity contribution in [1.82, 2.24) is 0 Å². The van der Waals surface area contributed by atoms with Crippen molar-refractivity contribution in [3.63, 3.8) is 0 Å². The van der Waals surface area contributed by atoms with Crippen LogP contribution in [-0.2, 0) is 0 Å². The molecule has 5 rings (SSSR count). The number of fused-ring (bicyclic) bond motifs is 5. The molecule has 1 aromatic heterocycles. The fourth-order valence-electron chi connectivity index (χ4n) is 4.91. The van der Waals surface area contributed by atoms with E-state index in [0.717, 1.165) is 61.0 Å². The third kappa shape index (κ3) is 4.67. The topological polar surface area (TPSA) is 95.1 Å². The van der Waals surface area contributed by atoms with Crippen LogP contribution in [0.3, 0.4) is 0 Å². The summed E-state index contributed by atoms with van der Waals surface area (Å²) in [5, 5.41) is 14.8. The molecule has 1 heterocycles. The van der Waals surface area contributed by atoms with Gasteiger partial charge in [-0.1, -0.05) is 63.1 Å². The molecule has 0 aliphatic heterocycles. The Balaban J connectivity index is 1.57. The Morgan fingerprint density at radius 1 is 0.947 bits per heavy atom. The molecule has 1 aliphatic rings. The highest BCUT2D eigenvalue weighted by atomic mass is 16.4. The van der Waals surface area contributed by atoms with Crippen LogP contribution < -0.4 is 10.3 Å². The van der Waals surface area contributed by atoms with Gasteiger partial charge in [0.15, 0.2) is 5.76 Å². The summed E-state index contributed by atoms with van der Waals surface area (Å²) >= 11 is 0. The number of rotatable bonds is 10. The fraction of sp³-hybridized carbons (Fsp3) is 0.258. The number of hydrogen-bond donors (Lipinski definition) is 2. The smallest absolute Gasteiger partial charge is 0.337 e. The van der Waals surface area contributed by atoms with Crippen molar-refractivity contribution < 1.29 is 19.1 Å². The zero-order chi connectivity index (χ0) is 26.6. The monoisotopic (exact) mass is 509 g/mol. The zero-order valence-electron chi connectivity index (χ0n) is 21.7. The molecule has 0 atom stereocenters. The van der Waals surface area contributed by atoms with Crippen LogP contribution in [0.1, 0.15) is 66.0 Å². The number of carboxylic acid groups (broad SMARTS) is 1. The van der Waals surface area contributed by atoms with E-state index in [0.29, 0.717) is 16.8 Å². The van der Waals surface area contributed by atoms with E-state index in [9.17, 15) is 14.7 Å². The zero-order valence-corrected chi connectivity index (χ0v) is 21.7. The first kappa shape index (κ1) is 25.3. The van der Waals surface area contributed by atoms with Crippen LogP contribution in [-0.4, -0.2) is 35.7 Å². The molecule has 2 N–H and O–H groups in total. The fourth-order valence-corrected chi connectivity index (χ4v) is 4.91. The molecule has 1 aliphatic carbocycles. The van der Waals surface area contributed by atoms with Gasteiger partial charge in [-0.05, 0) is 42.7 Å². The Kier molecular flexibility index (Phi) is 7.26. The van der Waals surface area contributed by atoms with E-state index in [2.05, 4.69) is 35.3 Å². The Morgan fingerprint density at radius 2 is 1.63 bits per heavy atom. The average Bonchev–Trinajstić information content (AvgIpc) is 3.32. The van der Waals surface area contributed by atoms with E-state index >= 15 is 0 Å². The molecule has 38 heavy (non-hydrogen) atoms.